The number of aromatic nitrogens is 2. The van der Waals surface area contributed by atoms with Crippen LogP contribution in [0, 0.1) is 11.6 Å². The zero-order chi connectivity index (χ0) is 14.7. The summed E-state index contributed by atoms with van der Waals surface area (Å²) in [5, 5.41) is 7.10. The molecule has 0 bridgehead atoms. The SMILES string of the molecule is Fc1cccc(F)c1NCc1ccn(-c2ccccc2)n1. The van der Waals surface area contributed by atoms with Gasteiger partial charge in [0, 0.05) is 6.20 Å². The van der Waals surface area contributed by atoms with Crippen molar-refractivity contribution in [2.75, 3.05) is 5.32 Å². The van der Waals surface area contributed by atoms with Crippen molar-refractivity contribution in [2.45, 2.75) is 6.54 Å². The number of nitrogens with zero attached hydrogens (tertiary/aromatic N) is 2. The van der Waals surface area contributed by atoms with Gasteiger partial charge in [0.15, 0.2) is 0 Å². The van der Waals surface area contributed by atoms with Gasteiger partial charge in [-0.05, 0) is 30.3 Å². The maximum absolute atomic E-state index is 13.5. The lowest BCUT2D eigenvalue weighted by Crippen LogP contribution is -2.05. The summed E-state index contributed by atoms with van der Waals surface area (Å²) in [6, 6.07) is 15.2. The Bertz CT molecular complexity index is 718. The molecule has 21 heavy (non-hydrogen) atoms. The standard InChI is InChI=1S/C16H13F2N3/c17-14-7-4-8-15(18)16(14)19-11-12-9-10-21(20-12)13-5-2-1-3-6-13/h1-10,19H,11H2. The number of benzene rings is 2. The van der Waals surface area contributed by atoms with Crippen LogP contribution in [0.5, 0.6) is 0 Å². The van der Waals surface area contributed by atoms with E-state index in [2.05, 4.69) is 10.4 Å². The first-order chi connectivity index (χ1) is 10.2. The van der Waals surface area contributed by atoms with Crippen LogP contribution in [0.4, 0.5) is 14.5 Å². The molecule has 0 saturated carbocycles. The second kappa shape index (κ2) is 5.75. The van der Waals surface area contributed by atoms with E-state index in [4.69, 9.17) is 0 Å². The zero-order valence-electron chi connectivity index (χ0n) is 11.1. The van der Waals surface area contributed by atoms with Crippen LogP contribution in [0.2, 0.25) is 0 Å². The number of rotatable bonds is 4. The lowest BCUT2D eigenvalue weighted by atomic mass is 10.3. The molecule has 1 aromatic heterocycles. The van der Waals surface area contributed by atoms with Gasteiger partial charge in [-0.25, -0.2) is 13.5 Å². The van der Waals surface area contributed by atoms with Gasteiger partial charge in [-0.1, -0.05) is 24.3 Å². The number of nitrogens with one attached hydrogen (secondary N) is 1. The van der Waals surface area contributed by atoms with Crippen LogP contribution < -0.4 is 5.32 Å². The van der Waals surface area contributed by atoms with Gasteiger partial charge in [0.25, 0.3) is 0 Å². The summed E-state index contributed by atoms with van der Waals surface area (Å²) in [6.07, 6.45) is 1.81. The third kappa shape index (κ3) is 2.91. The first-order valence-electron chi connectivity index (χ1n) is 6.52. The average Bonchev–Trinajstić information content (AvgIpc) is 2.97. The van der Waals surface area contributed by atoms with E-state index in [1.54, 1.807) is 10.7 Å². The van der Waals surface area contributed by atoms with E-state index in [1.165, 1.54) is 18.2 Å². The smallest absolute Gasteiger partial charge is 0.149 e. The van der Waals surface area contributed by atoms with Gasteiger partial charge in [0.1, 0.15) is 17.3 Å². The van der Waals surface area contributed by atoms with Gasteiger partial charge in [0.05, 0.1) is 17.9 Å². The molecular formula is C16H13F2N3. The van der Waals surface area contributed by atoms with Gasteiger partial charge in [0.2, 0.25) is 0 Å². The fourth-order valence-corrected chi connectivity index (χ4v) is 2.03. The van der Waals surface area contributed by atoms with Gasteiger partial charge in [-0.15, -0.1) is 0 Å². The highest BCUT2D eigenvalue weighted by Gasteiger charge is 2.08. The lowest BCUT2D eigenvalue weighted by molar-refractivity contribution is 0.587. The maximum Gasteiger partial charge on any atom is 0.149 e. The number of hydrogen-bond donors (Lipinski definition) is 1. The van der Waals surface area contributed by atoms with Crippen LogP contribution in [0.3, 0.4) is 0 Å². The highest BCUT2D eigenvalue weighted by Crippen LogP contribution is 2.18. The molecule has 0 aliphatic carbocycles. The molecule has 0 aliphatic heterocycles. The normalized spacial score (nSPS) is 10.6. The fourth-order valence-electron chi connectivity index (χ4n) is 2.03. The molecule has 5 heteroatoms. The number of anilines is 1. The van der Waals surface area contributed by atoms with Crippen molar-refractivity contribution in [1.82, 2.24) is 9.78 Å². The second-order valence-corrected chi connectivity index (χ2v) is 4.54. The molecule has 1 N–H and O–H groups in total. The second-order valence-electron chi connectivity index (χ2n) is 4.54. The largest absolute Gasteiger partial charge is 0.375 e. The van der Waals surface area contributed by atoms with Crippen molar-refractivity contribution >= 4 is 5.69 Å². The summed E-state index contributed by atoms with van der Waals surface area (Å²) < 4.78 is 28.7. The molecule has 3 aromatic rings. The molecule has 0 radical (unpaired) electrons. The lowest BCUT2D eigenvalue weighted by Gasteiger charge is -2.06. The van der Waals surface area contributed by atoms with E-state index in [1.807, 2.05) is 36.5 Å². The van der Waals surface area contributed by atoms with Gasteiger partial charge in [-0.2, -0.15) is 5.10 Å². The number of hydrogen-bond acceptors (Lipinski definition) is 2. The topological polar surface area (TPSA) is 29.9 Å². The molecule has 106 valence electrons. The molecule has 0 aliphatic rings. The summed E-state index contributed by atoms with van der Waals surface area (Å²) in [4.78, 5) is 0. The number of halogens is 2. The summed E-state index contributed by atoms with van der Waals surface area (Å²) in [5.41, 5.74) is 1.49. The van der Waals surface area contributed by atoms with Gasteiger partial charge < -0.3 is 5.32 Å². The molecule has 3 rings (SSSR count). The Morgan fingerprint density at radius 3 is 2.33 bits per heavy atom. The Labute approximate surface area is 120 Å². The van der Waals surface area contributed by atoms with Crippen molar-refractivity contribution < 1.29 is 8.78 Å². The van der Waals surface area contributed by atoms with Crippen LogP contribution in [0.15, 0.2) is 60.8 Å². The van der Waals surface area contributed by atoms with E-state index in [9.17, 15) is 8.78 Å². The summed E-state index contributed by atoms with van der Waals surface area (Å²) >= 11 is 0. The van der Waals surface area contributed by atoms with Crippen molar-refractivity contribution in [2.24, 2.45) is 0 Å². The molecular weight excluding hydrogens is 272 g/mol. The fraction of sp³-hybridized carbons (Fsp3) is 0.0625. The molecule has 0 saturated heterocycles. The van der Waals surface area contributed by atoms with Crippen molar-refractivity contribution in [3.05, 3.63) is 78.1 Å². The first-order valence-corrected chi connectivity index (χ1v) is 6.52. The predicted molar refractivity (Wildman–Crippen MR) is 77.2 cm³/mol. The van der Waals surface area contributed by atoms with Crippen LogP contribution in [-0.4, -0.2) is 9.78 Å². The predicted octanol–water partition coefficient (Wildman–Crippen LogP) is 3.76. The maximum atomic E-state index is 13.5. The third-order valence-corrected chi connectivity index (χ3v) is 3.07. The summed E-state index contributed by atoms with van der Waals surface area (Å²) in [5.74, 6) is -1.23. The molecule has 3 nitrogen and oxygen atoms in total. The van der Waals surface area contributed by atoms with Crippen LogP contribution in [0.25, 0.3) is 5.69 Å². The Hall–Kier alpha value is -2.69. The summed E-state index contributed by atoms with van der Waals surface area (Å²) in [7, 11) is 0. The van der Waals surface area contributed by atoms with Crippen molar-refractivity contribution in [1.29, 1.82) is 0 Å². The average molecular weight is 285 g/mol. The van der Waals surface area contributed by atoms with Gasteiger partial charge >= 0.3 is 0 Å². The quantitative estimate of drug-likeness (QED) is 0.791. The molecule has 0 amide bonds. The van der Waals surface area contributed by atoms with E-state index in [0.29, 0.717) is 5.69 Å². The van der Waals surface area contributed by atoms with Crippen LogP contribution in [0.1, 0.15) is 5.69 Å². The molecule has 1 heterocycles. The Morgan fingerprint density at radius 1 is 0.905 bits per heavy atom. The molecule has 2 aromatic carbocycles. The molecule has 0 fully saturated rings. The minimum atomic E-state index is -0.613. The minimum Gasteiger partial charge on any atom is -0.375 e. The molecule has 0 unspecified atom stereocenters. The minimum absolute atomic E-state index is 0.133. The van der Waals surface area contributed by atoms with Gasteiger partial charge in [-0.3, -0.25) is 0 Å². The monoisotopic (exact) mass is 285 g/mol. The summed E-state index contributed by atoms with van der Waals surface area (Å²) in [6.45, 7) is 0.248. The molecule has 0 spiro atoms. The van der Waals surface area contributed by atoms with E-state index < -0.39 is 11.6 Å². The van der Waals surface area contributed by atoms with Crippen LogP contribution >= 0.6 is 0 Å². The van der Waals surface area contributed by atoms with Crippen LogP contribution in [-0.2, 0) is 6.54 Å². The first kappa shape index (κ1) is 13.3. The number of para-hydroxylation sites is 2. The molecule has 0 atom stereocenters. The Morgan fingerprint density at radius 2 is 1.62 bits per heavy atom. The zero-order valence-corrected chi connectivity index (χ0v) is 11.1. The van der Waals surface area contributed by atoms with Crippen molar-refractivity contribution in [3.63, 3.8) is 0 Å². The third-order valence-electron chi connectivity index (χ3n) is 3.07. The Balaban J connectivity index is 1.74. The Kier molecular flexibility index (Phi) is 3.64. The highest BCUT2D eigenvalue weighted by atomic mass is 19.1. The van der Waals surface area contributed by atoms with E-state index in [0.717, 1.165) is 5.69 Å². The van der Waals surface area contributed by atoms with E-state index in [-0.39, 0.29) is 12.2 Å². The van der Waals surface area contributed by atoms with Crippen molar-refractivity contribution in [3.8, 4) is 5.69 Å². The van der Waals surface area contributed by atoms with E-state index >= 15 is 0 Å². The highest BCUT2D eigenvalue weighted by molar-refractivity contribution is 5.46.